The number of pyridine rings is 1. The van der Waals surface area contributed by atoms with Crippen LogP contribution >= 0.6 is 0 Å². The van der Waals surface area contributed by atoms with Crippen LogP contribution in [0.5, 0.6) is 5.95 Å². The van der Waals surface area contributed by atoms with E-state index in [1.54, 1.807) is 36.4 Å². The van der Waals surface area contributed by atoms with E-state index in [1.165, 1.54) is 4.57 Å². The van der Waals surface area contributed by atoms with Crippen LogP contribution < -0.4 is 11.0 Å². The van der Waals surface area contributed by atoms with Crippen LogP contribution in [0.4, 0.5) is 0 Å². The normalized spacial score (nSPS) is 11.1. The monoisotopic (exact) mass is 305 g/mol. The first-order valence-corrected chi connectivity index (χ1v) is 7.03. The van der Waals surface area contributed by atoms with Crippen molar-refractivity contribution < 1.29 is 9.52 Å². The molecule has 0 radical (unpaired) electrons. The van der Waals surface area contributed by atoms with Gasteiger partial charge in [0.15, 0.2) is 5.58 Å². The van der Waals surface area contributed by atoms with Gasteiger partial charge < -0.3 is 9.52 Å². The minimum Gasteiger partial charge on any atom is -0.481 e. The van der Waals surface area contributed by atoms with Crippen LogP contribution in [0.1, 0.15) is 0 Å². The molecule has 0 aliphatic carbocycles. The first-order chi connectivity index (χ1) is 11.2. The van der Waals surface area contributed by atoms with Crippen LogP contribution in [0.3, 0.4) is 0 Å². The zero-order valence-corrected chi connectivity index (χ0v) is 11.9. The number of fused-ring (bicyclic) bond motifs is 3. The van der Waals surface area contributed by atoms with Gasteiger partial charge in [-0.25, -0.2) is 0 Å². The highest BCUT2D eigenvalue weighted by atomic mass is 16.5. The smallest absolute Gasteiger partial charge is 0.286 e. The summed E-state index contributed by atoms with van der Waals surface area (Å²) in [6.07, 6.45) is 0. The molecule has 1 N–H and O–H groups in total. The lowest BCUT2D eigenvalue weighted by atomic mass is 10.1. The van der Waals surface area contributed by atoms with E-state index >= 15 is 0 Å². The summed E-state index contributed by atoms with van der Waals surface area (Å²) < 4.78 is 6.75. The van der Waals surface area contributed by atoms with Crippen molar-refractivity contribution in [2.45, 2.75) is 0 Å². The number of aromatic nitrogens is 1. The molecular weight excluding hydrogens is 294 g/mol. The van der Waals surface area contributed by atoms with Gasteiger partial charge in [-0.2, -0.15) is 0 Å². The van der Waals surface area contributed by atoms with Crippen molar-refractivity contribution >= 4 is 21.9 Å². The second-order valence-electron chi connectivity index (χ2n) is 5.15. The van der Waals surface area contributed by atoms with Crippen LogP contribution in [0.15, 0.2) is 74.7 Å². The van der Waals surface area contributed by atoms with Crippen molar-refractivity contribution in [3.63, 3.8) is 0 Å². The lowest BCUT2D eigenvalue weighted by Gasteiger charge is -2.12. The highest BCUT2D eigenvalue weighted by Gasteiger charge is 2.17. The Kier molecular flexibility index (Phi) is 2.81. The molecule has 0 bridgehead atoms. The average Bonchev–Trinajstić information content (AvgIpc) is 2.55. The summed E-state index contributed by atoms with van der Waals surface area (Å²) in [5.41, 5.74) is 0.318. The fourth-order valence-electron chi connectivity index (χ4n) is 2.79. The molecule has 0 saturated carbocycles. The Labute approximate surface area is 129 Å². The van der Waals surface area contributed by atoms with Crippen LogP contribution in [-0.4, -0.2) is 9.67 Å². The Morgan fingerprint density at radius 1 is 0.913 bits per heavy atom. The lowest BCUT2D eigenvalue weighted by molar-refractivity contribution is 0.340. The summed E-state index contributed by atoms with van der Waals surface area (Å²) in [6.45, 7) is 0. The molecule has 0 amide bonds. The van der Waals surface area contributed by atoms with E-state index in [9.17, 15) is 14.7 Å². The molecule has 0 atom stereocenters. The summed E-state index contributed by atoms with van der Waals surface area (Å²) >= 11 is 0. The summed E-state index contributed by atoms with van der Waals surface area (Å²) in [5, 5.41) is 10.1. The Balaban J connectivity index is 2.34. The molecule has 112 valence electrons. The molecule has 0 saturated heterocycles. The lowest BCUT2D eigenvalue weighted by Crippen LogP contribution is -2.23. The summed E-state index contributed by atoms with van der Waals surface area (Å²) in [4.78, 5) is 25.1. The molecule has 5 heteroatoms. The van der Waals surface area contributed by atoms with Crippen molar-refractivity contribution in [3.8, 4) is 11.6 Å². The van der Waals surface area contributed by atoms with E-state index in [-0.39, 0.29) is 11.0 Å². The van der Waals surface area contributed by atoms with Crippen LogP contribution in [0.2, 0.25) is 0 Å². The first-order valence-electron chi connectivity index (χ1n) is 7.03. The number of hydrogen-bond acceptors (Lipinski definition) is 4. The van der Waals surface area contributed by atoms with E-state index in [0.29, 0.717) is 16.6 Å². The Hall–Kier alpha value is -3.34. The van der Waals surface area contributed by atoms with Gasteiger partial charge in [-0.15, -0.1) is 0 Å². The molecule has 2 aromatic carbocycles. The van der Waals surface area contributed by atoms with E-state index in [4.69, 9.17) is 4.42 Å². The molecule has 5 nitrogen and oxygen atoms in total. The molecule has 2 heterocycles. The van der Waals surface area contributed by atoms with Gasteiger partial charge in [-0.1, -0.05) is 30.3 Å². The van der Waals surface area contributed by atoms with E-state index in [0.717, 1.165) is 6.07 Å². The Morgan fingerprint density at radius 3 is 2.39 bits per heavy atom. The number of aromatic hydroxyl groups is 1. The molecular formula is C18H11NO4. The topological polar surface area (TPSA) is 72.4 Å². The van der Waals surface area contributed by atoms with Gasteiger partial charge in [-0.05, 0) is 24.3 Å². The molecule has 2 aromatic heterocycles. The van der Waals surface area contributed by atoms with Crippen LogP contribution in [-0.2, 0) is 0 Å². The number of nitrogens with zero attached hydrogens (tertiary/aromatic N) is 1. The molecule has 4 rings (SSSR count). The zero-order chi connectivity index (χ0) is 16.0. The van der Waals surface area contributed by atoms with Gasteiger partial charge in [-0.3, -0.25) is 14.2 Å². The van der Waals surface area contributed by atoms with E-state index in [2.05, 4.69) is 0 Å². The first kappa shape index (κ1) is 13.3. The molecule has 0 fully saturated rings. The quantitative estimate of drug-likeness (QED) is 0.549. The van der Waals surface area contributed by atoms with Crippen molar-refractivity contribution in [1.29, 1.82) is 0 Å². The average molecular weight is 305 g/mol. The van der Waals surface area contributed by atoms with Gasteiger partial charge >= 0.3 is 0 Å². The van der Waals surface area contributed by atoms with E-state index in [1.807, 2.05) is 18.2 Å². The molecule has 23 heavy (non-hydrogen) atoms. The fraction of sp³-hybridized carbons (Fsp3) is 0. The number of hydrogen-bond donors (Lipinski definition) is 1. The van der Waals surface area contributed by atoms with Gasteiger partial charge in [0.1, 0.15) is 5.39 Å². The van der Waals surface area contributed by atoms with Crippen molar-refractivity contribution in [3.05, 3.63) is 81.2 Å². The second kappa shape index (κ2) is 4.84. The van der Waals surface area contributed by atoms with Crippen molar-refractivity contribution in [2.75, 3.05) is 0 Å². The Morgan fingerprint density at radius 2 is 1.61 bits per heavy atom. The summed E-state index contributed by atoms with van der Waals surface area (Å²) in [7, 11) is 0. The third kappa shape index (κ3) is 1.94. The van der Waals surface area contributed by atoms with E-state index < -0.39 is 16.9 Å². The number of rotatable bonds is 1. The molecule has 4 aromatic rings. The van der Waals surface area contributed by atoms with Gasteiger partial charge in [0.05, 0.1) is 11.6 Å². The minimum absolute atomic E-state index is 0.0784. The number of benzene rings is 2. The van der Waals surface area contributed by atoms with Crippen molar-refractivity contribution in [1.82, 2.24) is 4.57 Å². The molecule has 0 aliphatic heterocycles. The number of para-hydroxylation sites is 2. The second-order valence-corrected chi connectivity index (χ2v) is 5.15. The summed E-state index contributed by atoms with van der Waals surface area (Å²) in [6, 6.07) is 17.1. The third-order valence-electron chi connectivity index (χ3n) is 3.76. The van der Waals surface area contributed by atoms with Crippen LogP contribution in [0.25, 0.3) is 27.6 Å². The molecule has 0 aliphatic rings. The molecule has 0 unspecified atom stereocenters. The zero-order valence-electron chi connectivity index (χ0n) is 11.9. The standard InChI is InChI=1S/C18H11NO4/c20-14-10-15(21)23-17-12-8-4-5-9-13(12)19(18(22)16(14)17)11-6-2-1-3-7-11/h1-10,21H. The highest BCUT2D eigenvalue weighted by Crippen LogP contribution is 2.25. The third-order valence-corrected chi connectivity index (χ3v) is 3.76. The largest absolute Gasteiger partial charge is 0.481 e. The van der Waals surface area contributed by atoms with Gasteiger partial charge in [0.2, 0.25) is 5.43 Å². The maximum Gasteiger partial charge on any atom is 0.286 e. The summed E-state index contributed by atoms with van der Waals surface area (Å²) in [5.74, 6) is -0.510. The fourth-order valence-corrected chi connectivity index (χ4v) is 2.79. The van der Waals surface area contributed by atoms with Gasteiger partial charge in [0.25, 0.3) is 11.5 Å². The maximum atomic E-state index is 12.9. The van der Waals surface area contributed by atoms with Crippen molar-refractivity contribution in [2.24, 2.45) is 0 Å². The predicted molar refractivity (Wildman–Crippen MR) is 87.3 cm³/mol. The van der Waals surface area contributed by atoms with Crippen LogP contribution in [0, 0.1) is 0 Å². The molecule has 0 spiro atoms. The minimum atomic E-state index is -0.566. The highest BCUT2D eigenvalue weighted by molar-refractivity contribution is 6.02. The maximum absolute atomic E-state index is 12.9. The predicted octanol–water partition coefficient (Wildman–Crippen LogP) is 2.80. The Bertz CT molecular complexity index is 1160. The van der Waals surface area contributed by atoms with Gasteiger partial charge in [0, 0.05) is 11.1 Å². The SMILES string of the molecule is O=c1cc(O)oc2c1c(=O)n(-c1ccccc1)c1ccccc21.